The highest BCUT2D eigenvalue weighted by Gasteiger charge is 2.18. The molecule has 0 saturated carbocycles. The highest BCUT2D eigenvalue weighted by Crippen LogP contribution is 2.21. The van der Waals surface area contributed by atoms with Crippen molar-refractivity contribution in [2.75, 3.05) is 13.2 Å². The quantitative estimate of drug-likeness (QED) is 0.0320. The molecule has 0 saturated heterocycles. The van der Waals surface area contributed by atoms with Gasteiger partial charge >= 0.3 is 5.97 Å². The van der Waals surface area contributed by atoms with E-state index in [9.17, 15) is 19.8 Å². The van der Waals surface area contributed by atoms with E-state index in [1.807, 2.05) is 6.08 Å². The molecule has 0 rings (SSSR count). The van der Waals surface area contributed by atoms with Crippen molar-refractivity contribution in [3.8, 4) is 0 Å². The van der Waals surface area contributed by atoms with Crippen LogP contribution in [-0.2, 0) is 14.3 Å². The van der Waals surface area contributed by atoms with Crippen molar-refractivity contribution in [2.24, 2.45) is 0 Å². The van der Waals surface area contributed by atoms with Crippen LogP contribution < -0.4 is 5.32 Å². The van der Waals surface area contributed by atoms with Crippen LogP contribution in [0.1, 0.15) is 476 Å². The number of carbonyl (C=O) groups is 2. The first kappa shape index (κ1) is 86.6. The number of esters is 1. The first-order valence-electron chi connectivity index (χ1n) is 41.0. The predicted molar refractivity (Wildman–Crippen MR) is 389 cm³/mol. The molecule has 0 heterocycles. The molecule has 6 heteroatoms. The SMILES string of the molecule is CCCCCCCCCCCCCCCCCC/C=C/C(O)C(CO)NC(=O)CCCCCCCCCCCCCCCCCCCCCCCCCCCCCCCCCCCCCCCOC(=O)CCCCCCCCCCCCCCCCCC. The van der Waals surface area contributed by atoms with E-state index in [0.717, 1.165) is 38.5 Å². The second-order valence-electron chi connectivity index (χ2n) is 28.5. The molecule has 524 valence electrons. The molecule has 88 heavy (non-hydrogen) atoms. The highest BCUT2D eigenvalue weighted by atomic mass is 16.5. The number of rotatable bonds is 78. The number of unbranched alkanes of at least 4 members (excludes halogenated alkanes) is 67. The molecule has 0 aromatic carbocycles. The van der Waals surface area contributed by atoms with Crippen LogP contribution in [0.2, 0.25) is 0 Å². The Bertz CT molecular complexity index is 1340. The first-order chi connectivity index (χ1) is 43.5. The van der Waals surface area contributed by atoms with E-state index in [0.29, 0.717) is 19.4 Å². The van der Waals surface area contributed by atoms with Crippen LogP contribution in [0.3, 0.4) is 0 Å². The lowest BCUT2D eigenvalue weighted by Crippen LogP contribution is -2.45. The largest absolute Gasteiger partial charge is 0.466 e. The third kappa shape index (κ3) is 73.6. The van der Waals surface area contributed by atoms with Gasteiger partial charge in [0.25, 0.3) is 0 Å². The van der Waals surface area contributed by atoms with Gasteiger partial charge in [0.15, 0.2) is 0 Å². The van der Waals surface area contributed by atoms with Crippen molar-refractivity contribution in [1.29, 1.82) is 0 Å². The lowest BCUT2D eigenvalue weighted by Gasteiger charge is -2.20. The van der Waals surface area contributed by atoms with Gasteiger partial charge in [-0.2, -0.15) is 0 Å². The van der Waals surface area contributed by atoms with Crippen LogP contribution in [0.5, 0.6) is 0 Å². The normalized spacial score (nSPS) is 12.5. The van der Waals surface area contributed by atoms with Gasteiger partial charge < -0.3 is 20.3 Å². The third-order valence-corrected chi connectivity index (χ3v) is 19.6. The summed E-state index contributed by atoms with van der Waals surface area (Å²) in [5, 5.41) is 23.3. The average Bonchev–Trinajstić information content (AvgIpc) is 3.58. The zero-order chi connectivity index (χ0) is 63.5. The van der Waals surface area contributed by atoms with E-state index in [2.05, 4.69) is 19.2 Å². The van der Waals surface area contributed by atoms with E-state index in [1.54, 1.807) is 6.08 Å². The summed E-state index contributed by atoms with van der Waals surface area (Å²) in [5.74, 6) is -0.0297. The maximum Gasteiger partial charge on any atom is 0.305 e. The van der Waals surface area contributed by atoms with E-state index >= 15 is 0 Å². The molecule has 0 aliphatic rings. The van der Waals surface area contributed by atoms with Gasteiger partial charge in [-0.3, -0.25) is 9.59 Å². The third-order valence-electron chi connectivity index (χ3n) is 19.6. The number of aliphatic hydroxyl groups is 2. The summed E-state index contributed by atoms with van der Waals surface area (Å²) < 4.78 is 5.51. The van der Waals surface area contributed by atoms with Gasteiger partial charge in [-0.15, -0.1) is 0 Å². The molecule has 0 aliphatic carbocycles. The van der Waals surface area contributed by atoms with Gasteiger partial charge in [0.05, 0.1) is 25.4 Å². The zero-order valence-corrected chi connectivity index (χ0v) is 60.3. The smallest absolute Gasteiger partial charge is 0.305 e. The number of allylic oxidation sites excluding steroid dienone is 1. The Labute approximate surface area is 552 Å². The number of ether oxygens (including phenoxy) is 1. The molecule has 2 unspecified atom stereocenters. The summed E-state index contributed by atoms with van der Waals surface area (Å²) in [7, 11) is 0. The Morgan fingerprint density at radius 1 is 0.307 bits per heavy atom. The molecule has 2 atom stereocenters. The molecule has 0 aromatic heterocycles. The Morgan fingerprint density at radius 2 is 0.523 bits per heavy atom. The van der Waals surface area contributed by atoms with Gasteiger partial charge in [0, 0.05) is 12.8 Å². The Kier molecular flexibility index (Phi) is 76.8. The minimum Gasteiger partial charge on any atom is -0.466 e. The summed E-state index contributed by atoms with van der Waals surface area (Å²) in [6.45, 7) is 4.97. The van der Waals surface area contributed by atoms with E-state index in [1.165, 1.54) is 411 Å². The topological polar surface area (TPSA) is 95.9 Å². The fraction of sp³-hybridized carbons (Fsp3) is 0.951. The van der Waals surface area contributed by atoms with E-state index in [4.69, 9.17) is 4.74 Å². The number of carbonyl (C=O) groups excluding carboxylic acids is 2. The number of aliphatic hydroxyl groups excluding tert-OH is 2. The molecule has 1 amide bonds. The van der Waals surface area contributed by atoms with Crippen LogP contribution in [-0.4, -0.2) is 47.4 Å². The first-order valence-corrected chi connectivity index (χ1v) is 41.0. The number of amides is 1. The summed E-state index contributed by atoms with van der Waals surface area (Å²) in [6, 6.07) is -0.623. The van der Waals surface area contributed by atoms with Crippen molar-refractivity contribution in [3.05, 3.63) is 12.2 Å². The summed E-state index contributed by atoms with van der Waals surface area (Å²) >= 11 is 0. The number of nitrogens with one attached hydrogen (secondary N) is 1. The van der Waals surface area contributed by atoms with E-state index in [-0.39, 0.29) is 18.5 Å². The lowest BCUT2D eigenvalue weighted by molar-refractivity contribution is -0.143. The molecule has 0 spiro atoms. The number of hydrogen-bond donors (Lipinski definition) is 3. The standard InChI is InChI=1S/C82H161NO5/c1-3-5-7-9-11-13-15-17-19-21-43-46-50-54-58-62-66-70-74-80(85)79(78-84)83-81(86)75-71-67-63-59-55-51-47-44-41-39-37-35-33-31-29-27-25-23-22-24-26-28-30-32-34-36-38-40-42-45-49-53-57-61-65-69-73-77-88-82(87)76-72-68-64-60-56-52-48-20-18-16-14-12-10-8-6-4-2/h70,74,79-80,84-85H,3-69,71-73,75-78H2,1-2H3,(H,83,86)/b74-70+. The molecule has 0 fully saturated rings. The van der Waals surface area contributed by atoms with Gasteiger partial charge in [-0.05, 0) is 32.1 Å². The summed E-state index contributed by atoms with van der Waals surface area (Å²) in [4.78, 5) is 24.6. The second-order valence-corrected chi connectivity index (χ2v) is 28.5. The van der Waals surface area contributed by atoms with Crippen molar-refractivity contribution in [2.45, 2.75) is 488 Å². The van der Waals surface area contributed by atoms with Crippen molar-refractivity contribution >= 4 is 11.9 Å². The van der Waals surface area contributed by atoms with Gasteiger partial charge in [0.2, 0.25) is 5.91 Å². The fourth-order valence-corrected chi connectivity index (χ4v) is 13.3. The summed E-state index contributed by atoms with van der Waals surface area (Å²) in [6.07, 6.45) is 99.3. The van der Waals surface area contributed by atoms with Crippen LogP contribution in [0.4, 0.5) is 0 Å². The molecular weight excluding hydrogens is 1080 g/mol. The van der Waals surface area contributed by atoms with Crippen LogP contribution in [0.25, 0.3) is 0 Å². The Morgan fingerprint density at radius 3 is 0.773 bits per heavy atom. The second kappa shape index (κ2) is 78.0. The zero-order valence-electron chi connectivity index (χ0n) is 60.3. The maximum absolute atomic E-state index is 12.5. The highest BCUT2D eigenvalue weighted by molar-refractivity contribution is 5.76. The molecule has 6 nitrogen and oxygen atoms in total. The average molecular weight is 1240 g/mol. The molecular formula is C82H161NO5. The summed E-state index contributed by atoms with van der Waals surface area (Å²) in [5.41, 5.74) is 0. The van der Waals surface area contributed by atoms with E-state index < -0.39 is 12.1 Å². The Balaban J connectivity index is 3.30. The Hall–Kier alpha value is -1.40. The van der Waals surface area contributed by atoms with Crippen molar-refractivity contribution < 1.29 is 24.5 Å². The number of hydrogen-bond acceptors (Lipinski definition) is 5. The molecule has 3 N–H and O–H groups in total. The molecule has 0 aliphatic heterocycles. The molecule has 0 bridgehead atoms. The van der Waals surface area contributed by atoms with Gasteiger partial charge in [-0.1, -0.05) is 443 Å². The monoisotopic (exact) mass is 1240 g/mol. The maximum atomic E-state index is 12.5. The predicted octanol–water partition coefficient (Wildman–Crippen LogP) is 27.1. The molecule has 0 radical (unpaired) electrons. The van der Waals surface area contributed by atoms with Gasteiger partial charge in [-0.25, -0.2) is 0 Å². The van der Waals surface area contributed by atoms with Gasteiger partial charge in [0.1, 0.15) is 0 Å². The van der Waals surface area contributed by atoms with Crippen LogP contribution in [0, 0.1) is 0 Å². The van der Waals surface area contributed by atoms with Crippen molar-refractivity contribution in [3.63, 3.8) is 0 Å². The van der Waals surface area contributed by atoms with Crippen LogP contribution in [0.15, 0.2) is 12.2 Å². The minimum absolute atomic E-state index is 0.0279. The lowest BCUT2D eigenvalue weighted by atomic mass is 10.0. The van der Waals surface area contributed by atoms with Crippen LogP contribution >= 0.6 is 0 Å². The van der Waals surface area contributed by atoms with Crippen molar-refractivity contribution in [1.82, 2.24) is 5.32 Å². The fourth-order valence-electron chi connectivity index (χ4n) is 13.3. The minimum atomic E-state index is -0.840. The molecule has 0 aromatic rings.